The molecule has 1 saturated heterocycles. The third-order valence-corrected chi connectivity index (χ3v) is 5.22. The van der Waals surface area contributed by atoms with Crippen molar-refractivity contribution in [2.45, 2.75) is 52.3 Å². The van der Waals surface area contributed by atoms with Crippen molar-refractivity contribution in [2.24, 2.45) is 10.9 Å². The highest BCUT2D eigenvalue weighted by Crippen LogP contribution is 2.18. The van der Waals surface area contributed by atoms with E-state index in [1.807, 2.05) is 0 Å². The van der Waals surface area contributed by atoms with Crippen molar-refractivity contribution in [1.82, 2.24) is 15.5 Å². The van der Waals surface area contributed by atoms with E-state index in [9.17, 15) is 0 Å². The fourth-order valence-electron chi connectivity index (χ4n) is 3.02. The zero-order chi connectivity index (χ0) is 19.0. The molecule has 5 nitrogen and oxygen atoms in total. The summed E-state index contributed by atoms with van der Waals surface area (Å²) in [6.45, 7) is 11.4. The first-order valence-electron chi connectivity index (χ1n) is 9.71. The molecule has 0 spiro atoms. The van der Waals surface area contributed by atoms with Crippen molar-refractivity contribution < 1.29 is 4.74 Å². The first kappa shape index (κ1) is 20.7. The molecule has 1 aliphatic heterocycles. The Labute approximate surface area is 159 Å². The second-order valence-corrected chi connectivity index (χ2v) is 8.02. The third-order valence-electron chi connectivity index (χ3n) is 5.22. The number of aliphatic imine (C=N–C) groups is 1. The Balaban J connectivity index is 1.77. The van der Waals surface area contributed by atoms with Gasteiger partial charge in [-0.25, -0.2) is 0 Å². The molecule has 1 fully saturated rings. The van der Waals surface area contributed by atoms with Gasteiger partial charge in [-0.15, -0.1) is 0 Å². The Morgan fingerprint density at radius 2 is 1.77 bits per heavy atom. The lowest BCUT2D eigenvalue weighted by Gasteiger charge is -2.30. The second-order valence-electron chi connectivity index (χ2n) is 8.02. The van der Waals surface area contributed by atoms with Crippen LogP contribution in [0, 0.1) is 5.92 Å². The van der Waals surface area contributed by atoms with Gasteiger partial charge in [-0.3, -0.25) is 9.89 Å². The fourth-order valence-corrected chi connectivity index (χ4v) is 3.02. The van der Waals surface area contributed by atoms with Crippen LogP contribution in [0.15, 0.2) is 29.3 Å². The van der Waals surface area contributed by atoms with Gasteiger partial charge < -0.3 is 15.4 Å². The van der Waals surface area contributed by atoms with Gasteiger partial charge in [0.25, 0.3) is 0 Å². The Kier molecular flexibility index (Phi) is 7.91. The normalized spacial score (nSPS) is 17.3. The monoisotopic (exact) mass is 360 g/mol. The van der Waals surface area contributed by atoms with Crippen molar-refractivity contribution >= 4 is 5.96 Å². The van der Waals surface area contributed by atoms with Crippen molar-refractivity contribution in [2.75, 3.05) is 33.8 Å². The van der Waals surface area contributed by atoms with Crippen LogP contribution in [0.25, 0.3) is 0 Å². The maximum atomic E-state index is 5.43. The summed E-state index contributed by atoms with van der Waals surface area (Å²) in [7, 11) is 3.52. The van der Waals surface area contributed by atoms with Crippen LogP contribution >= 0.6 is 0 Å². The maximum absolute atomic E-state index is 5.43. The molecule has 0 radical (unpaired) electrons. The Morgan fingerprint density at radius 1 is 1.15 bits per heavy atom. The van der Waals surface area contributed by atoms with Gasteiger partial charge in [0.15, 0.2) is 5.96 Å². The quantitative estimate of drug-likeness (QED) is 0.580. The van der Waals surface area contributed by atoms with Crippen molar-refractivity contribution in [3.05, 3.63) is 35.4 Å². The van der Waals surface area contributed by atoms with Crippen LogP contribution in [0.4, 0.5) is 0 Å². The van der Waals surface area contributed by atoms with Crippen LogP contribution in [0.1, 0.15) is 44.7 Å². The topological polar surface area (TPSA) is 48.9 Å². The summed E-state index contributed by atoms with van der Waals surface area (Å²) in [5.41, 5.74) is 2.44. The predicted octanol–water partition coefficient (Wildman–Crippen LogP) is 3.01. The van der Waals surface area contributed by atoms with Crippen LogP contribution in [0.5, 0.6) is 0 Å². The van der Waals surface area contributed by atoms with E-state index >= 15 is 0 Å². The molecule has 0 amide bonds. The largest absolute Gasteiger partial charge is 0.377 e. The number of benzene rings is 1. The molecular weight excluding hydrogens is 324 g/mol. The van der Waals surface area contributed by atoms with Crippen LogP contribution < -0.4 is 10.6 Å². The number of ether oxygens (including phenoxy) is 1. The highest BCUT2D eigenvalue weighted by Gasteiger charge is 2.17. The SMILES string of the molecule is CN=C(NCc1ccc(CN2CCC(C)CC2)cc1)NCC(C)(C)OC. The van der Waals surface area contributed by atoms with E-state index in [1.54, 1.807) is 14.2 Å². The molecule has 0 saturated carbocycles. The molecule has 2 rings (SSSR count). The Morgan fingerprint density at radius 3 is 2.35 bits per heavy atom. The molecule has 0 aliphatic carbocycles. The smallest absolute Gasteiger partial charge is 0.191 e. The number of nitrogens with one attached hydrogen (secondary N) is 2. The summed E-state index contributed by atoms with van der Waals surface area (Å²) in [5, 5.41) is 6.67. The number of guanidine groups is 1. The summed E-state index contributed by atoms with van der Waals surface area (Å²) in [4.78, 5) is 6.84. The molecule has 0 bridgehead atoms. The van der Waals surface area contributed by atoms with Gasteiger partial charge in [-0.2, -0.15) is 0 Å². The molecule has 0 unspecified atom stereocenters. The molecular formula is C21H36N4O. The molecule has 0 atom stereocenters. The van der Waals surface area contributed by atoms with Crippen molar-refractivity contribution in [1.29, 1.82) is 0 Å². The van der Waals surface area contributed by atoms with E-state index in [0.717, 1.165) is 25.0 Å². The number of hydrogen-bond acceptors (Lipinski definition) is 3. The van der Waals surface area contributed by atoms with Gasteiger partial charge in [0, 0.05) is 33.8 Å². The zero-order valence-electron chi connectivity index (χ0n) is 17.1. The van der Waals surface area contributed by atoms with Crippen molar-refractivity contribution in [3.63, 3.8) is 0 Å². The first-order chi connectivity index (χ1) is 12.4. The predicted molar refractivity (Wildman–Crippen MR) is 109 cm³/mol. The van der Waals surface area contributed by atoms with Gasteiger partial charge >= 0.3 is 0 Å². The molecule has 5 heteroatoms. The lowest BCUT2D eigenvalue weighted by molar-refractivity contribution is 0.0268. The van der Waals surface area contributed by atoms with E-state index in [2.05, 4.69) is 65.6 Å². The Hall–Kier alpha value is -1.59. The number of hydrogen-bond donors (Lipinski definition) is 2. The van der Waals surface area contributed by atoms with Gasteiger partial charge in [0.05, 0.1) is 5.60 Å². The molecule has 146 valence electrons. The van der Waals surface area contributed by atoms with E-state index in [4.69, 9.17) is 4.74 Å². The van der Waals surface area contributed by atoms with E-state index < -0.39 is 0 Å². The summed E-state index contributed by atoms with van der Waals surface area (Å²) in [6.07, 6.45) is 2.65. The number of piperidine rings is 1. The first-order valence-corrected chi connectivity index (χ1v) is 9.71. The van der Waals surface area contributed by atoms with E-state index in [0.29, 0.717) is 6.54 Å². The standard InChI is InChI=1S/C21H36N4O/c1-17-10-12-25(13-11-17)15-19-8-6-18(7-9-19)14-23-20(22-4)24-16-21(2,3)26-5/h6-9,17H,10-16H2,1-5H3,(H2,22,23,24). The van der Waals surface area contributed by atoms with Gasteiger partial charge in [0.1, 0.15) is 0 Å². The number of nitrogens with zero attached hydrogens (tertiary/aromatic N) is 2. The molecule has 1 heterocycles. The highest BCUT2D eigenvalue weighted by atomic mass is 16.5. The number of likely N-dealkylation sites (tertiary alicyclic amines) is 1. The third kappa shape index (κ3) is 6.96. The summed E-state index contributed by atoms with van der Waals surface area (Å²) >= 11 is 0. The number of methoxy groups -OCH3 is 1. The van der Waals surface area contributed by atoms with E-state index in [-0.39, 0.29) is 5.60 Å². The minimum atomic E-state index is -0.217. The number of rotatable bonds is 7. The molecule has 1 aliphatic rings. The van der Waals surface area contributed by atoms with Crippen LogP contribution in [0.3, 0.4) is 0 Å². The lowest BCUT2D eigenvalue weighted by atomic mass is 9.99. The summed E-state index contributed by atoms with van der Waals surface area (Å²) < 4.78 is 5.43. The van der Waals surface area contributed by atoms with Gasteiger partial charge in [-0.05, 0) is 56.8 Å². The average molecular weight is 361 g/mol. The molecule has 26 heavy (non-hydrogen) atoms. The average Bonchev–Trinajstić information content (AvgIpc) is 2.65. The van der Waals surface area contributed by atoms with Crippen LogP contribution in [-0.4, -0.2) is 50.3 Å². The van der Waals surface area contributed by atoms with Crippen LogP contribution in [-0.2, 0) is 17.8 Å². The second kappa shape index (κ2) is 9.93. The summed E-state index contributed by atoms with van der Waals surface area (Å²) in [6, 6.07) is 8.92. The van der Waals surface area contributed by atoms with Gasteiger partial charge in [0.2, 0.25) is 0 Å². The molecule has 0 aromatic heterocycles. The fraction of sp³-hybridized carbons (Fsp3) is 0.667. The van der Waals surface area contributed by atoms with Gasteiger partial charge in [-0.1, -0.05) is 31.2 Å². The zero-order valence-corrected chi connectivity index (χ0v) is 17.1. The molecule has 1 aromatic carbocycles. The minimum Gasteiger partial charge on any atom is -0.377 e. The lowest BCUT2D eigenvalue weighted by Crippen LogP contribution is -2.45. The van der Waals surface area contributed by atoms with E-state index in [1.165, 1.54) is 37.1 Å². The molecule has 1 aromatic rings. The minimum absolute atomic E-state index is 0.217. The molecule has 2 N–H and O–H groups in total. The van der Waals surface area contributed by atoms with Crippen LogP contribution in [0.2, 0.25) is 0 Å². The maximum Gasteiger partial charge on any atom is 0.191 e. The Bertz CT molecular complexity index is 560. The van der Waals surface area contributed by atoms with Crippen molar-refractivity contribution in [3.8, 4) is 0 Å². The summed E-state index contributed by atoms with van der Waals surface area (Å²) in [5.74, 6) is 1.68. The highest BCUT2D eigenvalue weighted by molar-refractivity contribution is 5.79.